The van der Waals surface area contributed by atoms with Crippen molar-refractivity contribution in [3.8, 4) is 0 Å². The first-order valence-corrected chi connectivity index (χ1v) is 6.70. The number of piperidine rings is 1. The summed E-state index contributed by atoms with van der Waals surface area (Å²) in [6.45, 7) is 3.89. The standard InChI is InChI=1S/C15H21NO2/c1-12-7-3-4-8-13(12)11-14(15(17)18)16-9-5-2-6-10-16/h3-4,7-8,14H,2,5-6,9-11H2,1H3,(H,17,18)/t14-/m0/s1. The maximum atomic E-state index is 11.5. The van der Waals surface area contributed by atoms with Crippen LogP contribution in [0.15, 0.2) is 24.3 Å². The highest BCUT2D eigenvalue weighted by Crippen LogP contribution is 2.17. The van der Waals surface area contributed by atoms with Gasteiger partial charge in [0.15, 0.2) is 0 Å². The molecule has 1 fully saturated rings. The lowest BCUT2D eigenvalue weighted by Gasteiger charge is -2.32. The molecule has 1 atom stereocenters. The quantitative estimate of drug-likeness (QED) is 0.888. The highest BCUT2D eigenvalue weighted by atomic mass is 16.4. The van der Waals surface area contributed by atoms with E-state index in [2.05, 4.69) is 4.90 Å². The smallest absolute Gasteiger partial charge is 0.321 e. The zero-order chi connectivity index (χ0) is 13.0. The summed E-state index contributed by atoms with van der Waals surface area (Å²) < 4.78 is 0. The first-order valence-electron chi connectivity index (χ1n) is 6.70. The summed E-state index contributed by atoms with van der Waals surface area (Å²) in [5.41, 5.74) is 2.33. The molecule has 18 heavy (non-hydrogen) atoms. The first kappa shape index (κ1) is 13.1. The number of nitrogens with zero attached hydrogens (tertiary/aromatic N) is 1. The Balaban J connectivity index is 2.11. The van der Waals surface area contributed by atoms with E-state index in [0.717, 1.165) is 31.5 Å². The number of carbonyl (C=O) groups is 1. The minimum atomic E-state index is -0.694. The molecule has 0 aliphatic carbocycles. The van der Waals surface area contributed by atoms with Crippen LogP contribution < -0.4 is 0 Å². The van der Waals surface area contributed by atoms with E-state index in [1.807, 2.05) is 31.2 Å². The minimum absolute atomic E-state index is 0.369. The third-order valence-corrected chi connectivity index (χ3v) is 3.79. The lowest BCUT2D eigenvalue weighted by molar-refractivity contribution is -0.143. The van der Waals surface area contributed by atoms with Crippen LogP contribution in [0.4, 0.5) is 0 Å². The molecule has 1 saturated heterocycles. The molecule has 1 aliphatic heterocycles. The number of carboxylic acids is 1. The molecule has 1 aromatic carbocycles. The Labute approximate surface area is 108 Å². The van der Waals surface area contributed by atoms with E-state index in [1.54, 1.807) is 0 Å². The van der Waals surface area contributed by atoms with Gasteiger partial charge in [-0.25, -0.2) is 0 Å². The van der Waals surface area contributed by atoms with Gasteiger partial charge < -0.3 is 5.11 Å². The number of rotatable bonds is 4. The van der Waals surface area contributed by atoms with Gasteiger partial charge in [-0.05, 0) is 50.4 Å². The molecule has 1 aromatic rings. The van der Waals surface area contributed by atoms with E-state index < -0.39 is 5.97 Å². The van der Waals surface area contributed by atoms with Gasteiger partial charge in [-0.15, -0.1) is 0 Å². The Hall–Kier alpha value is -1.35. The molecule has 2 rings (SSSR count). The molecule has 0 unspecified atom stereocenters. The second-order valence-electron chi connectivity index (χ2n) is 5.08. The predicted molar refractivity (Wildman–Crippen MR) is 71.7 cm³/mol. The van der Waals surface area contributed by atoms with E-state index in [9.17, 15) is 9.90 Å². The molecule has 0 spiro atoms. The van der Waals surface area contributed by atoms with Crippen molar-refractivity contribution in [1.29, 1.82) is 0 Å². The van der Waals surface area contributed by atoms with Crippen molar-refractivity contribution in [3.05, 3.63) is 35.4 Å². The van der Waals surface area contributed by atoms with Crippen molar-refractivity contribution >= 4 is 5.97 Å². The normalized spacial score (nSPS) is 18.5. The molecule has 0 bridgehead atoms. The van der Waals surface area contributed by atoms with Crippen LogP contribution in [0.5, 0.6) is 0 Å². The fourth-order valence-corrected chi connectivity index (χ4v) is 2.65. The molecule has 0 aromatic heterocycles. The third kappa shape index (κ3) is 3.10. The summed E-state index contributed by atoms with van der Waals surface area (Å²) in [6, 6.07) is 7.69. The molecule has 3 heteroatoms. The van der Waals surface area contributed by atoms with Crippen LogP contribution in [0, 0.1) is 6.92 Å². The van der Waals surface area contributed by atoms with Gasteiger partial charge in [-0.2, -0.15) is 0 Å². The molecule has 1 aliphatic rings. The summed E-state index contributed by atoms with van der Waals surface area (Å²) in [7, 11) is 0. The van der Waals surface area contributed by atoms with Gasteiger partial charge in [0, 0.05) is 0 Å². The average Bonchev–Trinajstić information content (AvgIpc) is 2.38. The van der Waals surface area contributed by atoms with Crippen molar-refractivity contribution in [3.63, 3.8) is 0 Å². The van der Waals surface area contributed by atoms with E-state index in [1.165, 1.54) is 12.0 Å². The van der Waals surface area contributed by atoms with Gasteiger partial charge in [0.05, 0.1) is 0 Å². The molecule has 0 radical (unpaired) electrons. The third-order valence-electron chi connectivity index (χ3n) is 3.79. The van der Waals surface area contributed by atoms with Crippen LogP contribution in [0.3, 0.4) is 0 Å². The zero-order valence-corrected chi connectivity index (χ0v) is 10.9. The number of likely N-dealkylation sites (tertiary alicyclic amines) is 1. The van der Waals surface area contributed by atoms with Crippen molar-refractivity contribution in [2.24, 2.45) is 0 Å². The SMILES string of the molecule is Cc1ccccc1C[C@@H](C(=O)O)N1CCCCC1. The summed E-state index contributed by atoms with van der Waals surface area (Å²) in [4.78, 5) is 13.6. The Morgan fingerprint density at radius 1 is 1.28 bits per heavy atom. The molecular formula is C15H21NO2. The van der Waals surface area contributed by atoms with E-state index in [0.29, 0.717) is 6.42 Å². The van der Waals surface area contributed by atoms with Crippen LogP contribution in [0.2, 0.25) is 0 Å². The van der Waals surface area contributed by atoms with Crippen LogP contribution in [0.25, 0.3) is 0 Å². The Morgan fingerprint density at radius 2 is 1.94 bits per heavy atom. The molecule has 3 nitrogen and oxygen atoms in total. The Morgan fingerprint density at radius 3 is 2.56 bits per heavy atom. The van der Waals surface area contributed by atoms with Crippen molar-refractivity contribution in [1.82, 2.24) is 4.90 Å². The lowest BCUT2D eigenvalue weighted by atomic mass is 9.98. The van der Waals surface area contributed by atoms with Gasteiger partial charge in [-0.3, -0.25) is 9.69 Å². The first-order chi connectivity index (χ1) is 8.68. The van der Waals surface area contributed by atoms with E-state index >= 15 is 0 Å². The number of hydrogen-bond acceptors (Lipinski definition) is 2. The minimum Gasteiger partial charge on any atom is -0.480 e. The van der Waals surface area contributed by atoms with E-state index in [-0.39, 0.29) is 6.04 Å². The maximum Gasteiger partial charge on any atom is 0.321 e. The Bertz CT molecular complexity index is 411. The number of carboxylic acid groups (broad SMARTS) is 1. The predicted octanol–water partition coefficient (Wildman–Crippen LogP) is 2.48. The van der Waals surface area contributed by atoms with Crippen LogP contribution in [-0.2, 0) is 11.2 Å². The molecule has 1 heterocycles. The van der Waals surface area contributed by atoms with E-state index in [4.69, 9.17) is 0 Å². The Kier molecular flexibility index (Phi) is 4.37. The number of hydrogen-bond donors (Lipinski definition) is 1. The number of aliphatic carboxylic acids is 1. The monoisotopic (exact) mass is 247 g/mol. The largest absolute Gasteiger partial charge is 0.480 e. The molecule has 98 valence electrons. The van der Waals surface area contributed by atoms with Crippen LogP contribution in [0.1, 0.15) is 30.4 Å². The number of aryl methyl sites for hydroxylation is 1. The molecular weight excluding hydrogens is 226 g/mol. The zero-order valence-electron chi connectivity index (χ0n) is 10.9. The maximum absolute atomic E-state index is 11.5. The molecule has 1 N–H and O–H groups in total. The van der Waals surface area contributed by atoms with Gasteiger partial charge in [0.2, 0.25) is 0 Å². The van der Waals surface area contributed by atoms with Crippen LogP contribution >= 0.6 is 0 Å². The summed E-state index contributed by atoms with van der Waals surface area (Å²) in [5, 5.41) is 9.44. The van der Waals surface area contributed by atoms with Gasteiger partial charge in [0.1, 0.15) is 6.04 Å². The van der Waals surface area contributed by atoms with Crippen LogP contribution in [-0.4, -0.2) is 35.1 Å². The topological polar surface area (TPSA) is 40.5 Å². The average molecular weight is 247 g/mol. The second-order valence-corrected chi connectivity index (χ2v) is 5.08. The number of benzene rings is 1. The van der Waals surface area contributed by atoms with Gasteiger partial charge >= 0.3 is 5.97 Å². The summed E-state index contributed by atoms with van der Waals surface area (Å²) in [5.74, 6) is -0.694. The second kappa shape index (κ2) is 6.01. The summed E-state index contributed by atoms with van der Waals surface area (Å²) >= 11 is 0. The molecule has 0 amide bonds. The van der Waals surface area contributed by atoms with Gasteiger partial charge in [-0.1, -0.05) is 30.7 Å². The van der Waals surface area contributed by atoms with Crippen molar-refractivity contribution in [2.75, 3.05) is 13.1 Å². The molecule has 0 saturated carbocycles. The highest BCUT2D eigenvalue weighted by Gasteiger charge is 2.27. The van der Waals surface area contributed by atoms with Gasteiger partial charge in [0.25, 0.3) is 0 Å². The lowest BCUT2D eigenvalue weighted by Crippen LogP contribution is -2.45. The van der Waals surface area contributed by atoms with Crippen molar-refractivity contribution in [2.45, 2.75) is 38.6 Å². The summed E-state index contributed by atoms with van der Waals surface area (Å²) in [6.07, 6.45) is 4.09. The highest BCUT2D eigenvalue weighted by molar-refractivity contribution is 5.74. The fourth-order valence-electron chi connectivity index (χ4n) is 2.65. The van der Waals surface area contributed by atoms with Crippen molar-refractivity contribution < 1.29 is 9.90 Å². The fraction of sp³-hybridized carbons (Fsp3) is 0.533.